The fourth-order valence-electron chi connectivity index (χ4n) is 2.90. The van der Waals surface area contributed by atoms with Gasteiger partial charge in [0, 0.05) is 12.6 Å². The molecule has 1 N–H and O–H groups in total. The number of carboxylic acids is 1. The van der Waals surface area contributed by atoms with Crippen molar-refractivity contribution >= 4 is 17.0 Å². The first-order chi connectivity index (χ1) is 10.9. The Balaban J connectivity index is 2.14. The first-order valence-corrected chi connectivity index (χ1v) is 8.68. The van der Waals surface area contributed by atoms with Crippen molar-refractivity contribution in [3.8, 4) is 5.75 Å². The lowest BCUT2D eigenvalue weighted by Gasteiger charge is -2.24. The molecule has 1 heterocycles. The van der Waals surface area contributed by atoms with E-state index in [2.05, 4.69) is 0 Å². The third-order valence-electron chi connectivity index (χ3n) is 3.92. The van der Waals surface area contributed by atoms with Gasteiger partial charge < -0.3 is 14.6 Å². The summed E-state index contributed by atoms with van der Waals surface area (Å²) in [5, 5.41) is 8.65. The Morgan fingerprint density at radius 1 is 1.39 bits per heavy atom. The number of hydrogen-bond donors (Lipinski definition) is 1. The second-order valence-electron chi connectivity index (χ2n) is 5.69. The number of aryl methyl sites for hydroxylation is 2. The predicted molar refractivity (Wildman–Crippen MR) is 87.1 cm³/mol. The van der Waals surface area contributed by atoms with Gasteiger partial charge in [-0.2, -0.15) is 0 Å². The fourth-order valence-corrected chi connectivity index (χ4v) is 4.53. The second-order valence-corrected chi connectivity index (χ2v) is 7.06. The molecule has 1 fully saturated rings. The third-order valence-corrected chi connectivity index (χ3v) is 5.82. The highest BCUT2D eigenvalue weighted by atomic mass is 32.2. The number of rotatable bonds is 7. The van der Waals surface area contributed by atoms with Gasteiger partial charge in [-0.25, -0.2) is 13.3 Å². The average Bonchev–Trinajstić information content (AvgIpc) is 2.94. The summed E-state index contributed by atoms with van der Waals surface area (Å²) in [6, 6.07) is 3.74. The zero-order valence-corrected chi connectivity index (χ0v) is 14.5. The van der Waals surface area contributed by atoms with E-state index in [0.29, 0.717) is 0 Å². The summed E-state index contributed by atoms with van der Waals surface area (Å²) in [6.45, 7) is 4.53. The quantitative estimate of drug-likeness (QED) is 0.820. The molecule has 0 radical (unpaired) electrons. The van der Waals surface area contributed by atoms with E-state index in [0.717, 1.165) is 41.2 Å². The van der Waals surface area contributed by atoms with E-state index < -0.39 is 17.0 Å². The number of benzene rings is 1. The Bertz CT molecular complexity index is 581. The molecular weight excluding hydrogens is 318 g/mol. The van der Waals surface area contributed by atoms with Gasteiger partial charge in [0.05, 0.1) is 18.6 Å². The maximum Gasteiger partial charge on any atom is 0.329 e. The van der Waals surface area contributed by atoms with Crippen LogP contribution in [0.25, 0.3) is 0 Å². The van der Waals surface area contributed by atoms with E-state index in [1.165, 1.54) is 0 Å². The smallest absolute Gasteiger partial charge is 0.329 e. The van der Waals surface area contributed by atoms with Crippen molar-refractivity contribution in [1.29, 1.82) is 0 Å². The summed E-state index contributed by atoms with van der Waals surface area (Å²) in [5.74, 6) is -0.235. The Labute approximate surface area is 139 Å². The molecule has 0 aromatic heterocycles. The Morgan fingerprint density at radius 3 is 2.61 bits per heavy atom. The Hall–Kier alpha value is -1.44. The van der Waals surface area contributed by atoms with Gasteiger partial charge in [-0.3, -0.25) is 0 Å². The molecule has 7 heteroatoms. The monoisotopic (exact) mass is 341 g/mol. The molecule has 1 aliphatic heterocycles. The van der Waals surface area contributed by atoms with Gasteiger partial charge in [-0.05, 0) is 49.9 Å². The van der Waals surface area contributed by atoms with Gasteiger partial charge in [0.1, 0.15) is 23.3 Å². The van der Waals surface area contributed by atoms with Crippen LogP contribution >= 0.6 is 0 Å². The molecule has 2 atom stereocenters. The first-order valence-electron chi connectivity index (χ1n) is 7.57. The van der Waals surface area contributed by atoms with E-state index in [1.807, 2.05) is 30.3 Å². The molecule has 6 nitrogen and oxygen atoms in total. The topological polar surface area (TPSA) is 76.1 Å². The molecule has 23 heavy (non-hydrogen) atoms. The molecule has 1 aliphatic rings. The predicted octanol–water partition coefficient (Wildman–Crippen LogP) is 1.90. The highest BCUT2D eigenvalue weighted by Crippen LogP contribution is 2.29. The zero-order valence-electron chi connectivity index (χ0n) is 13.7. The normalized spacial score (nSPS) is 19.7. The van der Waals surface area contributed by atoms with Gasteiger partial charge in [0.25, 0.3) is 0 Å². The van der Waals surface area contributed by atoms with Crippen LogP contribution < -0.4 is 4.74 Å². The zero-order chi connectivity index (χ0) is 17.0. The number of methoxy groups -OCH3 is 1. The van der Waals surface area contributed by atoms with Crippen molar-refractivity contribution in [3.63, 3.8) is 0 Å². The second kappa shape index (κ2) is 7.90. The number of carbonyl (C=O) groups is 1. The fraction of sp³-hybridized carbons (Fsp3) is 0.562. The molecule has 1 saturated heterocycles. The van der Waals surface area contributed by atoms with Crippen LogP contribution in [0, 0.1) is 13.8 Å². The van der Waals surface area contributed by atoms with Crippen LogP contribution in [0.5, 0.6) is 5.75 Å². The van der Waals surface area contributed by atoms with Crippen molar-refractivity contribution < 1.29 is 23.6 Å². The standard InChI is InChI=1S/C16H23NO5S/c1-11-7-14(21-3)8-12(2)16(11)23(20)17-6-4-5-13(17)9-22-10-15(18)19/h7-8,13H,4-6,9-10H2,1-3H3,(H,18,19). The lowest BCUT2D eigenvalue weighted by Crippen LogP contribution is -2.35. The minimum Gasteiger partial charge on any atom is -0.497 e. The van der Waals surface area contributed by atoms with Crippen LogP contribution in [0.2, 0.25) is 0 Å². The Kier molecular flexibility index (Phi) is 6.15. The molecule has 2 unspecified atom stereocenters. The molecule has 128 valence electrons. The van der Waals surface area contributed by atoms with Crippen LogP contribution in [0.15, 0.2) is 17.0 Å². The number of aliphatic carboxylic acids is 1. The molecule has 1 aromatic carbocycles. The minimum atomic E-state index is -1.29. The van der Waals surface area contributed by atoms with E-state index in [1.54, 1.807) is 7.11 Å². The van der Waals surface area contributed by atoms with Crippen molar-refractivity contribution in [2.24, 2.45) is 0 Å². The van der Waals surface area contributed by atoms with Crippen molar-refractivity contribution in [2.45, 2.75) is 37.6 Å². The Morgan fingerprint density at radius 2 is 2.04 bits per heavy atom. The lowest BCUT2D eigenvalue weighted by atomic mass is 10.1. The van der Waals surface area contributed by atoms with E-state index in [-0.39, 0.29) is 19.3 Å². The number of carboxylic acid groups (broad SMARTS) is 1. The summed E-state index contributed by atoms with van der Waals surface area (Å²) in [6.07, 6.45) is 1.79. The maximum absolute atomic E-state index is 13.0. The van der Waals surface area contributed by atoms with E-state index >= 15 is 0 Å². The first kappa shape index (κ1) is 17.9. The van der Waals surface area contributed by atoms with Gasteiger partial charge >= 0.3 is 5.97 Å². The van der Waals surface area contributed by atoms with Gasteiger partial charge in [-0.15, -0.1) is 0 Å². The third kappa shape index (κ3) is 4.31. The summed E-state index contributed by atoms with van der Waals surface area (Å²) in [5.41, 5.74) is 1.86. The number of ether oxygens (including phenoxy) is 2. The van der Waals surface area contributed by atoms with Crippen LogP contribution in [0.1, 0.15) is 24.0 Å². The number of hydrogen-bond acceptors (Lipinski definition) is 4. The lowest BCUT2D eigenvalue weighted by molar-refractivity contribution is -0.142. The maximum atomic E-state index is 13.0. The molecule has 0 saturated carbocycles. The van der Waals surface area contributed by atoms with Gasteiger partial charge in [-0.1, -0.05) is 0 Å². The van der Waals surface area contributed by atoms with Crippen LogP contribution in [-0.2, 0) is 20.5 Å². The van der Waals surface area contributed by atoms with Crippen LogP contribution in [0.3, 0.4) is 0 Å². The highest BCUT2D eigenvalue weighted by molar-refractivity contribution is 7.82. The molecular formula is C16H23NO5S. The largest absolute Gasteiger partial charge is 0.497 e. The van der Waals surface area contributed by atoms with Crippen LogP contribution in [-0.4, -0.2) is 52.5 Å². The molecule has 0 bridgehead atoms. The minimum absolute atomic E-state index is 0.0175. The van der Waals surface area contributed by atoms with Gasteiger partial charge in [0.15, 0.2) is 0 Å². The van der Waals surface area contributed by atoms with Crippen molar-refractivity contribution in [3.05, 3.63) is 23.3 Å². The molecule has 0 amide bonds. The van der Waals surface area contributed by atoms with E-state index in [9.17, 15) is 9.00 Å². The molecule has 0 spiro atoms. The van der Waals surface area contributed by atoms with E-state index in [4.69, 9.17) is 14.6 Å². The SMILES string of the molecule is COc1cc(C)c(S(=O)N2CCCC2COCC(=O)O)c(C)c1. The highest BCUT2D eigenvalue weighted by Gasteiger charge is 2.31. The number of nitrogens with zero attached hydrogens (tertiary/aromatic N) is 1. The van der Waals surface area contributed by atoms with Crippen molar-refractivity contribution in [2.75, 3.05) is 26.9 Å². The van der Waals surface area contributed by atoms with Crippen LogP contribution in [0.4, 0.5) is 0 Å². The van der Waals surface area contributed by atoms with Gasteiger partial charge in [0.2, 0.25) is 0 Å². The summed E-state index contributed by atoms with van der Waals surface area (Å²) in [4.78, 5) is 11.4. The molecule has 1 aromatic rings. The van der Waals surface area contributed by atoms with Crippen molar-refractivity contribution in [1.82, 2.24) is 4.31 Å². The molecule has 0 aliphatic carbocycles. The molecule has 2 rings (SSSR count). The summed E-state index contributed by atoms with van der Waals surface area (Å²) < 4.78 is 25.4. The summed E-state index contributed by atoms with van der Waals surface area (Å²) >= 11 is 0. The summed E-state index contributed by atoms with van der Waals surface area (Å²) in [7, 11) is 0.326. The average molecular weight is 341 g/mol.